The molecule has 0 aliphatic carbocycles. The fourth-order valence-corrected chi connectivity index (χ4v) is 2.85. The third kappa shape index (κ3) is 6.19. The van der Waals surface area contributed by atoms with Crippen molar-refractivity contribution in [3.05, 3.63) is 0 Å². The molecule has 0 unspecified atom stereocenters. The van der Waals surface area contributed by atoms with E-state index in [0.717, 1.165) is 6.54 Å². The molecule has 0 aromatic heterocycles. The molecule has 1 heterocycles. The Hall–Kier alpha value is -0.0800. The van der Waals surface area contributed by atoms with Crippen molar-refractivity contribution in [3.8, 4) is 0 Å². The minimum Gasteiger partial charge on any atom is -0.311 e. The first-order chi connectivity index (χ1) is 7.99. The van der Waals surface area contributed by atoms with Crippen molar-refractivity contribution in [1.29, 1.82) is 0 Å². The van der Waals surface area contributed by atoms with E-state index < -0.39 is 0 Å². The molecular weight excluding hydrogens is 220 g/mol. The van der Waals surface area contributed by atoms with Gasteiger partial charge >= 0.3 is 0 Å². The molecule has 0 aromatic carbocycles. The van der Waals surface area contributed by atoms with Crippen molar-refractivity contribution in [2.45, 2.75) is 66.8 Å². The smallest absolute Gasteiger partial charge is 0.00967 e. The number of nitrogens with zero attached hydrogens (tertiary/aromatic N) is 1. The van der Waals surface area contributed by atoms with Crippen LogP contribution in [-0.4, -0.2) is 36.6 Å². The summed E-state index contributed by atoms with van der Waals surface area (Å²) in [7, 11) is 0. The molecule has 18 heavy (non-hydrogen) atoms. The van der Waals surface area contributed by atoms with Crippen LogP contribution in [-0.2, 0) is 0 Å². The second-order valence-electron chi connectivity index (χ2n) is 8.75. The molecule has 1 aliphatic rings. The summed E-state index contributed by atoms with van der Waals surface area (Å²) in [4.78, 5) is 2.66. The minimum absolute atomic E-state index is 0.221. The van der Waals surface area contributed by atoms with Crippen LogP contribution in [0, 0.1) is 10.8 Å². The second-order valence-corrected chi connectivity index (χ2v) is 8.75. The standard InChI is InChI=1S/C16H34N2/c1-14(2,3)17-11-16(6,7)13-18-10-8-9-15(4,5)12-18/h17H,8-13H2,1-7H3. The summed E-state index contributed by atoms with van der Waals surface area (Å²) in [6.45, 7) is 21.1. The van der Waals surface area contributed by atoms with E-state index in [1.54, 1.807) is 0 Å². The highest BCUT2D eigenvalue weighted by Crippen LogP contribution is 2.30. The fourth-order valence-electron chi connectivity index (χ4n) is 2.85. The van der Waals surface area contributed by atoms with Gasteiger partial charge in [-0.25, -0.2) is 0 Å². The Balaban J connectivity index is 2.44. The monoisotopic (exact) mass is 254 g/mol. The van der Waals surface area contributed by atoms with Crippen molar-refractivity contribution in [3.63, 3.8) is 0 Å². The summed E-state index contributed by atoms with van der Waals surface area (Å²) >= 11 is 0. The average Bonchev–Trinajstić information content (AvgIpc) is 2.11. The predicted molar refractivity (Wildman–Crippen MR) is 81.0 cm³/mol. The van der Waals surface area contributed by atoms with Crippen molar-refractivity contribution in [2.75, 3.05) is 26.2 Å². The second kappa shape index (κ2) is 5.50. The number of hydrogen-bond donors (Lipinski definition) is 1. The van der Waals surface area contributed by atoms with Crippen molar-refractivity contribution in [1.82, 2.24) is 10.2 Å². The van der Waals surface area contributed by atoms with Gasteiger partial charge in [0.2, 0.25) is 0 Å². The molecule has 0 radical (unpaired) electrons. The molecule has 0 saturated carbocycles. The molecule has 0 atom stereocenters. The summed E-state index contributed by atoms with van der Waals surface area (Å²) in [6.07, 6.45) is 2.74. The highest BCUT2D eigenvalue weighted by molar-refractivity contribution is 4.85. The van der Waals surface area contributed by atoms with E-state index >= 15 is 0 Å². The molecule has 2 nitrogen and oxygen atoms in total. The zero-order valence-corrected chi connectivity index (χ0v) is 13.7. The van der Waals surface area contributed by atoms with Crippen LogP contribution in [0.3, 0.4) is 0 Å². The third-order valence-electron chi connectivity index (χ3n) is 3.73. The van der Waals surface area contributed by atoms with Gasteiger partial charge in [-0.05, 0) is 51.0 Å². The zero-order valence-electron chi connectivity index (χ0n) is 13.7. The summed E-state index contributed by atoms with van der Waals surface area (Å²) in [5.74, 6) is 0. The van der Waals surface area contributed by atoms with Gasteiger partial charge in [-0.1, -0.05) is 27.7 Å². The Kier molecular flexibility index (Phi) is 4.88. The maximum atomic E-state index is 3.65. The SMILES string of the molecule is CC1(C)CCCN(CC(C)(C)CNC(C)(C)C)C1. The summed E-state index contributed by atoms with van der Waals surface area (Å²) in [5, 5.41) is 3.65. The average molecular weight is 254 g/mol. The Morgan fingerprint density at radius 2 is 1.72 bits per heavy atom. The van der Waals surface area contributed by atoms with Crippen LogP contribution >= 0.6 is 0 Å². The van der Waals surface area contributed by atoms with E-state index in [4.69, 9.17) is 0 Å². The number of rotatable bonds is 4. The Bertz CT molecular complexity index is 261. The van der Waals surface area contributed by atoms with Gasteiger partial charge in [0.15, 0.2) is 0 Å². The largest absolute Gasteiger partial charge is 0.311 e. The maximum Gasteiger partial charge on any atom is 0.00967 e. The number of piperidine rings is 1. The quantitative estimate of drug-likeness (QED) is 0.826. The van der Waals surface area contributed by atoms with Crippen LogP contribution in [0.2, 0.25) is 0 Å². The lowest BCUT2D eigenvalue weighted by Gasteiger charge is -2.42. The van der Waals surface area contributed by atoms with E-state index in [-0.39, 0.29) is 5.54 Å². The first-order valence-electron chi connectivity index (χ1n) is 7.47. The van der Waals surface area contributed by atoms with E-state index in [2.05, 4.69) is 58.7 Å². The highest BCUT2D eigenvalue weighted by Gasteiger charge is 2.30. The van der Waals surface area contributed by atoms with Crippen molar-refractivity contribution >= 4 is 0 Å². The lowest BCUT2D eigenvalue weighted by atomic mass is 9.82. The first-order valence-corrected chi connectivity index (χ1v) is 7.47. The molecular formula is C16H34N2. The van der Waals surface area contributed by atoms with Crippen LogP contribution in [0.5, 0.6) is 0 Å². The molecule has 1 saturated heterocycles. The molecule has 0 bridgehead atoms. The first kappa shape index (κ1) is 16.0. The normalized spacial score (nSPS) is 22.2. The van der Waals surface area contributed by atoms with Gasteiger partial charge in [0.05, 0.1) is 0 Å². The molecule has 1 fully saturated rings. The summed E-state index contributed by atoms with van der Waals surface area (Å²) in [6, 6.07) is 0. The minimum atomic E-state index is 0.221. The van der Waals surface area contributed by atoms with Crippen LogP contribution in [0.25, 0.3) is 0 Å². The maximum absolute atomic E-state index is 3.65. The van der Waals surface area contributed by atoms with Gasteiger partial charge in [0, 0.05) is 25.2 Å². The van der Waals surface area contributed by atoms with Gasteiger partial charge in [-0.15, -0.1) is 0 Å². The highest BCUT2D eigenvalue weighted by atomic mass is 15.1. The number of nitrogens with one attached hydrogen (secondary N) is 1. The Morgan fingerprint density at radius 3 is 2.22 bits per heavy atom. The lowest BCUT2D eigenvalue weighted by Crippen LogP contribution is -2.49. The van der Waals surface area contributed by atoms with Gasteiger partial charge < -0.3 is 10.2 Å². The van der Waals surface area contributed by atoms with Crippen LogP contribution in [0.4, 0.5) is 0 Å². The van der Waals surface area contributed by atoms with Crippen LogP contribution in [0.15, 0.2) is 0 Å². The number of hydrogen-bond acceptors (Lipinski definition) is 2. The molecule has 0 amide bonds. The van der Waals surface area contributed by atoms with Crippen molar-refractivity contribution < 1.29 is 0 Å². The van der Waals surface area contributed by atoms with Crippen LogP contribution in [0.1, 0.15) is 61.3 Å². The number of likely N-dealkylation sites (tertiary alicyclic amines) is 1. The molecule has 108 valence electrons. The Labute approximate surface area is 115 Å². The lowest BCUT2D eigenvalue weighted by molar-refractivity contribution is 0.0782. The van der Waals surface area contributed by atoms with Gasteiger partial charge in [-0.2, -0.15) is 0 Å². The summed E-state index contributed by atoms with van der Waals surface area (Å²) < 4.78 is 0. The predicted octanol–water partition coefficient (Wildman–Crippen LogP) is 3.52. The molecule has 0 aromatic rings. The zero-order chi connectivity index (χ0) is 14.0. The van der Waals surface area contributed by atoms with E-state index in [1.807, 2.05) is 0 Å². The van der Waals surface area contributed by atoms with Gasteiger partial charge in [0.25, 0.3) is 0 Å². The molecule has 1 aliphatic heterocycles. The van der Waals surface area contributed by atoms with E-state index in [1.165, 1.54) is 32.5 Å². The Morgan fingerprint density at radius 1 is 1.11 bits per heavy atom. The summed E-state index contributed by atoms with van der Waals surface area (Å²) in [5.41, 5.74) is 1.07. The third-order valence-corrected chi connectivity index (χ3v) is 3.73. The van der Waals surface area contributed by atoms with Crippen LogP contribution < -0.4 is 5.32 Å². The van der Waals surface area contributed by atoms with E-state index in [9.17, 15) is 0 Å². The van der Waals surface area contributed by atoms with E-state index in [0.29, 0.717) is 10.8 Å². The fraction of sp³-hybridized carbons (Fsp3) is 1.00. The molecule has 1 rings (SSSR count). The molecule has 0 spiro atoms. The van der Waals surface area contributed by atoms with Gasteiger partial charge in [0.1, 0.15) is 0 Å². The van der Waals surface area contributed by atoms with Crippen molar-refractivity contribution in [2.24, 2.45) is 10.8 Å². The van der Waals surface area contributed by atoms with Gasteiger partial charge in [-0.3, -0.25) is 0 Å². The topological polar surface area (TPSA) is 15.3 Å². The molecule has 2 heteroatoms. The molecule has 1 N–H and O–H groups in total.